The first-order valence-electron chi connectivity index (χ1n) is 12.7. The molecule has 4 nitrogen and oxygen atoms in total. The number of imidazole rings is 2. The molecule has 0 spiro atoms. The lowest BCUT2D eigenvalue weighted by atomic mass is 9.95. The Morgan fingerprint density at radius 2 is 1.46 bits per heavy atom. The van der Waals surface area contributed by atoms with Crippen LogP contribution in [-0.4, -0.2) is 19.9 Å². The van der Waals surface area contributed by atoms with Crippen LogP contribution < -0.4 is 0 Å². The molecule has 0 fully saturated rings. The van der Waals surface area contributed by atoms with Crippen molar-refractivity contribution in [2.75, 3.05) is 0 Å². The Morgan fingerprint density at radius 1 is 0.676 bits per heavy atom. The molecule has 5 heteroatoms. The Labute approximate surface area is 217 Å². The Kier molecular flexibility index (Phi) is 4.19. The third kappa shape index (κ3) is 2.95. The lowest BCUT2D eigenvalue weighted by Crippen LogP contribution is -1.88. The number of hydrogen-bond donors (Lipinski definition) is 2. The Morgan fingerprint density at radius 3 is 2.32 bits per heavy atom. The van der Waals surface area contributed by atoms with Crippen molar-refractivity contribution in [2.45, 2.75) is 26.7 Å². The van der Waals surface area contributed by atoms with Crippen LogP contribution in [0, 0.1) is 6.92 Å². The highest BCUT2D eigenvalue weighted by Gasteiger charge is 2.15. The molecule has 178 valence electrons. The minimum absolute atomic E-state index is 0.371. The van der Waals surface area contributed by atoms with E-state index in [9.17, 15) is 0 Å². The van der Waals surface area contributed by atoms with Crippen LogP contribution in [0.3, 0.4) is 0 Å². The summed E-state index contributed by atoms with van der Waals surface area (Å²) in [6, 6.07) is 24.7. The highest BCUT2D eigenvalue weighted by atomic mass is 32.1. The number of nitrogens with one attached hydrogen (secondary N) is 2. The first-order chi connectivity index (χ1) is 18.0. The molecule has 0 saturated heterocycles. The molecule has 0 aliphatic carbocycles. The van der Waals surface area contributed by atoms with Crippen LogP contribution in [0.15, 0.2) is 72.1 Å². The first-order valence-corrected chi connectivity index (χ1v) is 13.6. The van der Waals surface area contributed by atoms with Crippen molar-refractivity contribution >= 4 is 75.8 Å². The Balaban J connectivity index is 1.32. The number of aryl methyl sites for hydroxylation is 1. The summed E-state index contributed by atoms with van der Waals surface area (Å²) in [6.45, 7) is 6.37. The molecule has 3 aromatic heterocycles. The van der Waals surface area contributed by atoms with Gasteiger partial charge in [-0.25, -0.2) is 9.97 Å². The van der Waals surface area contributed by atoms with Crippen LogP contribution in [0.4, 0.5) is 0 Å². The average molecular weight is 497 g/mol. The monoisotopic (exact) mass is 496 g/mol. The van der Waals surface area contributed by atoms with Crippen LogP contribution in [0.2, 0.25) is 0 Å². The Bertz CT molecular complexity index is 2190. The fraction of sp³-hybridized carbons (Fsp3) is 0.125. The number of H-pyrrole nitrogens is 2. The quantitative estimate of drug-likeness (QED) is 0.234. The number of rotatable bonds is 2. The van der Waals surface area contributed by atoms with E-state index in [0.717, 1.165) is 33.7 Å². The molecule has 0 unspecified atom stereocenters. The van der Waals surface area contributed by atoms with Crippen molar-refractivity contribution in [3.8, 4) is 11.1 Å². The third-order valence-corrected chi connectivity index (χ3v) is 8.59. The molecule has 0 atom stereocenters. The van der Waals surface area contributed by atoms with Crippen LogP contribution >= 0.6 is 11.3 Å². The maximum atomic E-state index is 4.92. The molecule has 0 radical (unpaired) electrons. The van der Waals surface area contributed by atoms with E-state index in [4.69, 9.17) is 9.97 Å². The van der Waals surface area contributed by atoms with Gasteiger partial charge in [0.2, 0.25) is 0 Å². The van der Waals surface area contributed by atoms with Crippen LogP contribution in [-0.2, 0) is 0 Å². The van der Waals surface area contributed by atoms with Gasteiger partial charge in [0.15, 0.2) is 0 Å². The lowest BCUT2D eigenvalue weighted by Gasteiger charge is -2.10. The van der Waals surface area contributed by atoms with Gasteiger partial charge in [-0.3, -0.25) is 0 Å². The minimum atomic E-state index is 0.371. The van der Waals surface area contributed by atoms with Gasteiger partial charge in [0.1, 0.15) is 11.6 Å². The van der Waals surface area contributed by atoms with E-state index in [-0.39, 0.29) is 0 Å². The van der Waals surface area contributed by atoms with Gasteiger partial charge in [-0.05, 0) is 63.9 Å². The van der Waals surface area contributed by atoms with E-state index in [1.807, 2.05) is 6.92 Å². The highest BCUT2D eigenvalue weighted by Crippen LogP contribution is 2.39. The summed E-state index contributed by atoms with van der Waals surface area (Å²) in [6.07, 6.45) is 0. The van der Waals surface area contributed by atoms with Crippen molar-refractivity contribution in [3.63, 3.8) is 0 Å². The molecule has 8 rings (SSSR count). The molecule has 5 aromatic carbocycles. The Hall–Kier alpha value is -4.22. The summed E-state index contributed by atoms with van der Waals surface area (Å²) in [5.41, 5.74) is 6.80. The lowest BCUT2D eigenvalue weighted by molar-refractivity contribution is 0.799. The summed E-state index contributed by atoms with van der Waals surface area (Å²) >= 11 is 1.79. The van der Waals surface area contributed by atoms with Crippen LogP contribution in [0.1, 0.15) is 31.4 Å². The number of nitrogens with zero attached hydrogens (tertiary/aromatic N) is 2. The van der Waals surface area contributed by atoms with E-state index in [2.05, 4.69) is 95.9 Å². The molecule has 0 amide bonds. The first kappa shape index (κ1) is 20.9. The zero-order valence-corrected chi connectivity index (χ0v) is 21.6. The molecule has 8 aromatic rings. The van der Waals surface area contributed by atoms with Crippen LogP contribution in [0.5, 0.6) is 0 Å². The molecule has 0 saturated carbocycles. The number of hydrogen-bond acceptors (Lipinski definition) is 3. The third-order valence-electron chi connectivity index (χ3n) is 7.64. The maximum Gasteiger partial charge on any atom is 0.109 e. The number of aromatic amines is 2. The zero-order valence-electron chi connectivity index (χ0n) is 20.8. The van der Waals surface area contributed by atoms with E-state index in [1.54, 1.807) is 11.3 Å². The van der Waals surface area contributed by atoms with Crippen molar-refractivity contribution in [1.82, 2.24) is 19.9 Å². The number of aromatic nitrogens is 4. The zero-order chi connectivity index (χ0) is 24.8. The normalized spacial score (nSPS) is 12.4. The molecular formula is C32H24N4S. The van der Waals surface area contributed by atoms with Crippen molar-refractivity contribution in [3.05, 3.63) is 83.8 Å². The number of benzene rings is 5. The van der Waals surface area contributed by atoms with E-state index in [1.165, 1.54) is 53.5 Å². The summed E-state index contributed by atoms with van der Waals surface area (Å²) in [4.78, 5) is 16.7. The highest BCUT2D eigenvalue weighted by molar-refractivity contribution is 7.18. The van der Waals surface area contributed by atoms with Gasteiger partial charge in [0, 0.05) is 32.2 Å². The predicted octanol–water partition coefficient (Wildman–Crippen LogP) is 9.21. The maximum absolute atomic E-state index is 4.92. The van der Waals surface area contributed by atoms with Crippen LogP contribution in [0.25, 0.3) is 75.6 Å². The minimum Gasteiger partial charge on any atom is -0.342 e. The van der Waals surface area contributed by atoms with Crippen molar-refractivity contribution < 1.29 is 0 Å². The van der Waals surface area contributed by atoms with Gasteiger partial charge in [0.05, 0.1) is 22.1 Å². The SMILES string of the molecule is Cc1nc2c3ccsc3c3cc(-c4ccc5c(ccc6c5ccc5[nH]c(C(C)C)nc56)c4)ccc3c2[nH]1. The summed E-state index contributed by atoms with van der Waals surface area (Å²) in [5, 5.41) is 10.8. The van der Waals surface area contributed by atoms with E-state index in [0.29, 0.717) is 5.92 Å². The standard InChI is InChI=1S/C32H24N4S/c1-16(2)32-35-27-11-10-22-21-7-4-18(14-20(21)6-9-23(22)28(27)36-32)19-5-8-24-26(15-19)31-25(12-13-37-31)30-29(24)33-17(3)34-30/h4-16H,1-3H3,(H,33,34)(H,35,36). The summed E-state index contributed by atoms with van der Waals surface area (Å²) in [5.74, 6) is 2.36. The molecule has 0 aliphatic heterocycles. The van der Waals surface area contributed by atoms with Gasteiger partial charge >= 0.3 is 0 Å². The van der Waals surface area contributed by atoms with E-state index >= 15 is 0 Å². The topological polar surface area (TPSA) is 57.4 Å². The second-order valence-electron chi connectivity index (χ2n) is 10.3. The fourth-order valence-electron chi connectivity index (χ4n) is 5.81. The van der Waals surface area contributed by atoms with E-state index < -0.39 is 0 Å². The predicted molar refractivity (Wildman–Crippen MR) is 158 cm³/mol. The molecular weight excluding hydrogens is 472 g/mol. The second kappa shape index (κ2) is 7.40. The van der Waals surface area contributed by atoms with Gasteiger partial charge in [-0.15, -0.1) is 11.3 Å². The van der Waals surface area contributed by atoms with Gasteiger partial charge in [0.25, 0.3) is 0 Å². The number of fused-ring (bicyclic) bond motifs is 11. The molecule has 0 aliphatic rings. The summed E-state index contributed by atoms with van der Waals surface area (Å²) in [7, 11) is 0. The molecule has 2 N–H and O–H groups in total. The second-order valence-corrected chi connectivity index (χ2v) is 11.2. The number of thiophene rings is 1. The largest absolute Gasteiger partial charge is 0.342 e. The smallest absolute Gasteiger partial charge is 0.109 e. The van der Waals surface area contributed by atoms with Gasteiger partial charge < -0.3 is 9.97 Å². The van der Waals surface area contributed by atoms with Crippen molar-refractivity contribution in [1.29, 1.82) is 0 Å². The average Bonchev–Trinajstić information content (AvgIpc) is 3.65. The fourth-order valence-corrected chi connectivity index (χ4v) is 6.73. The molecule has 3 heterocycles. The molecule has 37 heavy (non-hydrogen) atoms. The van der Waals surface area contributed by atoms with Crippen molar-refractivity contribution in [2.24, 2.45) is 0 Å². The summed E-state index contributed by atoms with van der Waals surface area (Å²) < 4.78 is 1.30. The molecule has 0 bridgehead atoms. The van der Waals surface area contributed by atoms with Gasteiger partial charge in [-0.2, -0.15) is 0 Å². The van der Waals surface area contributed by atoms with Gasteiger partial charge in [-0.1, -0.05) is 56.3 Å².